The molecule has 0 aliphatic heterocycles. The third-order valence-corrected chi connectivity index (χ3v) is 4.60. The van der Waals surface area contributed by atoms with Crippen LogP contribution in [0.1, 0.15) is 110 Å². The van der Waals surface area contributed by atoms with Gasteiger partial charge < -0.3 is 10.2 Å². The van der Waals surface area contributed by atoms with Crippen LogP contribution in [0.2, 0.25) is 0 Å². The molecule has 0 bridgehead atoms. The summed E-state index contributed by atoms with van der Waals surface area (Å²) in [6.45, 7) is 3.48. The third-order valence-electron chi connectivity index (χ3n) is 4.60. The van der Waals surface area contributed by atoms with E-state index >= 15 is 0 Å². The maximum Gasteiger partial charge on any atom is 0.223 e. The number of hydrogen-bond acceptors (Lipinski definition) is 3. The molecule has 0 saturated heterocycles. The molecule has 0 aliphatic rings. The summed E-state index contributed by atoms with van der Waals surface area (Å²) < 4.78 is 0. The summed E-state index contributed by atoms with van der Waals surface area (Å²) in [7, 11) is 0. The highest BCUT2D eigenvalue weighted by Crippen LogP contribution is 2.15. The van der Waals surface area contributed by atoms with Gasteiger partial charge in [0.05, 0.1) is 0 Å². The quantitative estimate of drug-likeness (QED) is 0.203. The Bertz CT molecular complexity index is 321. The molecule has 142 valence electrons. The highest BCUT2D eigenvalue weighted by molar-refractivity contribution is 5.82. The molecular weight excluding hydrogens is 300 g/mol. The van der Waals surface area contributed by atoms with Gasteiger partial charge in [0.25, 0.3) is 0 Å². The highest BCUT2D eigenvalue weighted by Gasteiger charge is 2.27. The minimum absolute atomic E-state index is 0.156. The molecule has 24 heavy (non-hydrogen) atoms. The fourth-order valence-electron chi connectivity index (χ4n) is 2.80. The minimum Gasteiger partial charge on any atom is -0.360 e. The van der Waals surface area contributed by atoms with Crippen molar-refractivity contribution in [3.8, 4) is 0 Å². The summed E-state index contributed by atoms with van der Waals surface area (Å²) in [5.74, 6) is -2.67. The van der Waals surface area contributed by atoms with Crippen LogP contribution in [0.25, 0.3) is 0 Å². The molecule has 0 radical (unpaired) electrons. The largest absolute Gasteiger partial charge is 0.360 e. The van der Waals surface area contributed by atoms with Crippen LogP contribution in [-0.4, -0.2) is 21.8 Å². The fourth-order valence-corrected chi connectivity index (χ4v) is 2.80. The zero-order chi connectivity index (χ0) is 18.1. The smallest absolute Gasteiger partial charge is 0.223 e. The second-order valence-corrected chi connectivity index (χ2v) is 7.06. The first-order valence-corrected chi connectivity index (χ1v) is 10.1. The number of aliphatic hydroxyl groups is 2. The lowest BCUT2D eigenvalue weighted by atomic mass is 10.0. The summed E-state index contributed by atoms with van der Waals surface area (Å²) in [6.07, 6.45) is 21.8. The van der Waals surface area contributed by atoms with Gasteiger partial charge in [0.1, 0.15) is 0 Å². The molecule has 0 heterocycles. The number of unbranched alkanes of at least 4 members (excludes halogenated alkanes) is 12. The van der Waals surface area contributed by atoms with Gasteiger partial charge in [0.2, 0.25) is 5.79 Å². The maximum absolute atomic E-state index is 11.0. The predicted octanol–water partition coefficient (Wildman–Crippen LogP) is 5.68. The first-order valence-electron chi connectivity index (χ1n) is 10.1. The van der Waals surface area contributed by atoms with Crippen molar-refractivity contribution in [2.45, 2.75) is 116 Å². The Morgan fingerprint density at radius 1 is 0.750 bits per heavy atom. The molecular formula is C21H40O3. The Kier molecular flexibility index (Phi) is 15.4. The van der Waals surface area contributed by atoms with Crippen molar-refractivity contribution in [2.24, 2.45) is 0 Å². The van der Waals surface area contributed by atoms with Crippen LogP contribution < -0.4 is 0 Å². The molecule has 2 N–H and O–H groups in total. The van der Waals surface area contributed by atoms with E-state index in [0.717, 1.165) is 12.8 Å². The van der Waals surface area contributed by atoms with Crippen molar-refractivity contribution in [3.63, 3.8) is 0 Å². The number of Topliss-reactive ketones (excluding diaryl/α,β-unsaturated/α-hetero) is 1. The van der Waals surface area contributed by atoms with Crippen LogP contribution in [0, 0.1) is 0 Å². The van der Waals surface area contributed by atoms with Gasteiger partial charge in [-0.2, -0.15) is 0 Å². The van der Waals surface area contributed by atoms with Crippen molar-refractivity contribution in [3.05, 3.63) is 12.2 Å². The van der Waals surface area contributed by atoms with Crippen molar-refractivity contribution in [1.29, 1.82) is 0 Å². The number of carbonyl (C=O) groups is 1. The number of hydrogen-bond donors (Lipinski definition) is 2. The first kappa shape index (κ1) is 23.3. The lowest BCUT2D eigenvalue weighted by Gasteiger charge is -2.17. The Morgan fingerprint density at radius 2 is 1.17 bits per heavy atom. The molecule has 0 aromatic rings. The molecule has 0 aliphatic carbocycles. The highest BCUT2D eigenvalue weighted by atomic mass is 16.5. The zero-order valence-corrected chi connectivity index (χ0v) is 16.1. The number of allylic oxidation sites excluding steroid dienone is 2. The van der Waals surface area contributed by atoms with E-state index in [0.29, 0.717) is 6.42 Å². The van der Waals surface area contributed by atoms with Gasteiger partial charge in [0, 0.05) is 13.3 Å². The maximum atomic E-state index is 11.0. The van der Waals surface area contributed by atoms with E-state index in [1.54, 1.807) is 0 Å². The lowest BCUT2D eigenvalue weighted by Crippen LogP contribution is -2.36. The monoisotopic (exact) mass is 340 g/mol. The van der Waals surface area contributed by atoms with Gasteiger partial charge in [-0.3, -0.25) is 4.79 Å². The van der Waals surface area contributed by atoms with Gasteiger partial charge in [-0.05, 0) is 32.1 Å². The second kappa shape index (κ2) is 15.8. The number of rotatable bonds is 17. The summed E-state index contributed by atoms with van der Waals surface area (Å²) in [4.78, 5) is 11.0. The minimum atomic E-state index is -2.11. The summed E-state index contributed by atoms with van der Waals surface area (Å²) >= 11 is 0. The van der Waals surface area contributed by atoms with E-state index in [2.05, 4.69) is 19.1 Å². The van der Waals surface area contributed by atoms with Crippen molar-refractivity contribution >= 4 is 5.78 Å². The molecule has 0 fully saturated rings. The molecule has 0 unspecified atom stereocenters. The predicted molar refractivity (Wildman–Crippen MR) is 102 cm³/mol. The molecule has 0 rings (SSSR count). The molecule has 0 amide bonds. The van der Waals surface area contributed by atoms with Crippen LogP contribution in [-0.2, 0) is 4.79 Å². The van der Waals surface area contributed by atoms with Gasteiger partial charge in [-0.25, -0.2) is 0 Å². The fraction of sp³-hybridized carbons (Fsp3) is 0.857. The summed E-state index contributed by atoms with van der Waals surface area (Å²) in [5, 5.41) is 18.8. The van der Waals surface area contributed by atoms with Crippen molar-refractivity contribution < 1.29 is 15.0 Å². The van der Waals surface area contributed by atoms with Crippen LogP contribution in [0.5, 0.6) is 0 Å². The SMILES string of the molecule is CCCCCCCC/C=C\CCCCCCCCC(O)(O)C(C)=O. The summed E-state index contributed by atoms with van der Waals surface area (Å²) in [5.41, 5.74) is 0. The normalized spacial score (nSPS) is 12.2. The van der Waals surface area contributed by atoms with E-state index < -0.39 is 11.6 Å². The van der Waals surface area contributed by atoms with Gasteiger partial charge in [-0.1, -0.05) is 76.9 Å². The van der Waals surface area contributed by atoms with Gasteiger partial charge >= 0.3 is 0 Å². The third kappa shape index (κ3) is 14.9. The van der Waals surface area contributed by atoms with Crippen molar-refractivity contribution in [2.75, 3.05) is 0 Å². The van der Waals surface area contributed by atoms with Crippen LogP contribution >= 0.6 is 0 Å². The Balaban J connectivity index is 3.25. The Morgan fingerprint density at radius 3 is 1.62 bits per heavy atom. The Hall–Kier alpha value is -0.670. The molecule has 0 aromatic heterocycles. The summed E-state index contributed by atoms with van der Waals surface area (Å²) in [6, 6.07) is 0. The van der Waals surface area contributed by atoms with E-state index in [-0.39, 0.29) is 6.42 Å². The van der Waals surface area contributed by atoms with E-state index in [9.17, 15) is 15.0 Å². The van der Waals surface area contributed by atoms with Crippen LogP contribution in [0.4, 0.5) is 0 Å². The van der Waals surface area contributed by atoms with E-state index in [4.69, 9.17) is 0 Å². The topological polar surface area (TPSA) is 57.5 Å². The standard InChI is InChI=1S/C21H40O3/c1-3-4-5-6-7-8-9-10-11-12-13-14-15-16-17-18-19-21(23,24)20(2)22/h10-11,23-24H,3-9,12-19H2,1-2H3/b11-10-. The molecule has 0 atom stereocenters. The van der Waals surface area contributed by atoms with Gasteiger partial charge in [0.15, 0.2) is 5.78 Å². The molecule has 0 spiro atoms. The second-order valence-electron chi connectivity index (χ2n) is 7.06. The Labute approximate surface area is 149 Å². The zero-order valence-electron chi connectivity index (χ0n) is 16.1. The molecule has 3 nitrogen and oxygen atoms in total. The van der Waals surface area contributed by atoms with E-state index in [1.807, 2.05) is 0 Å². The number of ketones is 1. The molecule has 0 saturated carbocycles. The van der Waals surface area contributed by atoms with E-state index in [1.165, 1.54) is 77.6 Å². The van der Waals surface area contributed by atoms with Crippen LogP contribution in [0.3, 0.4) is 0 Å². The van der Waals surface area contributed by atoms with Crippen LogP contribution in [0.15, 0.2) is 12.2 Å². The lowest BCUT2D eigenvalue weighted by molar-refractivity contribution is -0.183. The van der Waals surface area contributed by atoms with Gasteiger partial charge in [-0.15, -0.1) is 0 Å². The molecule has 0 aromatic carbocycles. The number of carbonyl (C=O) groups excluding carboxylic acids is 1. The average Bonchev–Trinajstić information content (AvgIpc) is 2.54. The first-order chi connectivity index (χ1) is 11.5. The average molecular weight is 341 g/mol. The molecule has 3 heteroatoms. The van der Waals surface area contributed by atoms with Crippen molar-refractivity contribution in [1.82, 2.24) is 0 Å².